The Balaban J connectivity index is 1.92. The third-order valence-corrected chi connectivity index (χ3v) is 4.55. The number of esters is 1. The number of hydrogen-bond donors (Lipinski definition) is 2. The van der Waals surface area contributed by atoms with E-state index >= 15 is 0 Å². The van der Waals surface area contributed by atoms with Crippen molar-refractivity contribution in [3.63, 3.8) is 0 Å². The van der Waals surface area contributed by atoms with Crippen LogP contribution in [-0.4, -0.2) is 36.6 Å². The first kappa shape index (κ1) is 19.7. The Kier molecular flexibility index (Phi) is 6.49. The molecule has 0 radical (unpaired) electrons. The molecule has 0 fully saturated rings. The monoisotopic (exact) mass is 383 g/mol. The van der Waals surface area contributed by atoms with E-state index in [0.29, 0.717) is 30.1 Å². The molecule has 0 saturated heterocycles. The van der Waals surface area contributed by atoms with Gasteiger partial charge in [0.2, 0.25) is 0 Å². The maximum atomic E-state index is 12.7. The molecule has 0 bridgehead atoms. The van der Waals surface area contributed by atoms with Gasteiger partial charge in [-0.2, -0.15) is 0 Å². The largest absolute Gasteiger partial charge is 0.467 e. The van der Waals surface area contributed by atoms with Crippen molar-refractivity contribution in [1.82, 2.24) is 15.5 Å². The number of urea groups is 1. The number of likely N-dealkylation sites (N-methyl/N-ethyl adjacent to an activating group) is 1. The predicted molar refractivity (Wildman–Crippen MR) is 104 cm³/mol. The van der Waals surface area contributed by atoms with Gasteiger partial charge in [-0.25, -0.2) is 9.59 Å². The molecule has 1 atom stereocenters. The molecule has 2 aromatic rings. The molecular formula is C21H25N3O4. The molecule has 1 aromatic carbocycles. The van der Waals surface area contributed by atoms with Gasteiger partial charge in [0.1, 0.15) is 11.8 Å². The first-order chi connectivity index (χ1) is 13.6. The van der Waals surface area contributed by atoms with Crippen LogP contribution in [0.2, 0.25) is 0 Å². The number of nitrogens with zero attached hydrogens (tertiary/aromatic N) is 1. The van der Waals surface area contributed by atoms with Gasteiger partial charge < -0.3 is 19.8 Å². The molecule has 2 amide bonds. The second-order valence-corrected chi connectivity index (χ2v) is 6.45. The summed E-state index contributed by atoms with van der Waals surface area (Å²) in [6.45, 7) is 5.90. The molecule has 1 aliphatic heterocycles. The third-order valence-electron chi connectivity index (χ3n) is 4.55. The molecule has 0 saturated carbocycles. The summed E-state index contributed by atoms with van der Waals surface area (Å²) in [6.07, 6.45) is 1.51. The van der Waals surface area contributed by atoms with Crippen molar-refractivity contribution < 1.29 is 18.7 Å². The number of nitrogens with one attached hydrogen (secondary N) is 2. The number of carbonyl (C=O) groups is 2. The van der Waals surface area contributed by atoms with Crippen LogP contribution in [-0.2, 0) is 16.1 Å². The number of carbonyl (C=O) groups excluding carboxylic acids is 2. The fourth-order valence-corrected chi connectivity index (χ4v) is 3.21. The van der Waals surface area contributed by atoms with Gasteiger partial charge in [0.05, 0.1) is 18.4 Å². The van der Waals surface area contributed by atoms with Crippen molar-refractivity contribution in [3.8, 4) is 0 Å². The van der Waals surface area contributed by atoms with Gasteiger partial charge in [-0.3, -0.25) is 4.90 Å². The van der Waals surface area contributed by atoms with Gasteiger partial charge in [-0.1, -0.05) is 37.3 Å². The molecule has 3 rings (SSSR count). The highest BCUT2D eigenvalue weighted by Gasteiger charge is 2.35. The number of furan rings is 1. The molecular weight excluding hydrogens is 358 g/mol. The average Bonchev–Trinajstić information content (AvgIpc) is 3.22. The zero-order chi connectivity index (χ0) is 19.9. The van der Waals surface area contributed by atoms with Crippen LogP contribution in [0.5, 0.6) is 0 Å². The van der Waals surface area contributed by atoms with Crippen LogP contribution in [0.1, 0.15) is 31.2 Å². The molecule has 7 nitrogen and oxygen atoms in total. The standard InChI is InChI=1S/C21H25N3O4/c1-3-24(13-15-9-6-5-7-10-15)14-16-18(20(25)27-4-2)19(23-21(26)22-16)17-11-8-12-28-17/h5-12,19H,3-4,13-14H2,1-2H3,(H2,22,23,26)/t19-/m1/s1. The number of benzene rings is 1. The van der Waals surface area contributed by atoms with E-state index in [0.717, 1.165) is 12.1 Å². The molecule has 0 spiro atoms. The van der Waals surface area contributed by atoms with Crippen LogP contribution in [0, 0.1) is 0 Å². The predicted octanol–water partition coefficient (Wildman–Crippen LogP) is 2.97. The van der Waals surface area contributed by atoms with Crippen LogP contribution in [0.25, 0.3) is 0 Å². The van der Waals surface area contributed by atoms with E-state index in [9.17, 15) is 9.59 Å². The summed E-state index contributed by atoms with van der Waals surface area (Å²) >= 11 is 0. The summed E-state index contributed by atoms with van der Waals surface area (Å²) in [5.41, 5.74) is 2.05. The second kappa shape index (κ2) is 9.23. The fraction of sp³-hybridized carbons (Fsp3) is 0.333. The van der Waals surface area contributed by atoms with E-state index in [4.69, 9.17) is 9.15 Å². The Labute approximate surface area is 164 Å². The highest BCUT2D eigenvalue weighted by Crippen LogP contribution is 2.28. The topological polar surface area (TPSA) is 83.8 Å². The second-order valence-electron chi connectivity index (χ2n) is 6.45. The first-order valence-corrected chi connectivity index (χ1v) is 9.39. The average molecular weight is 383 g/mol. The highest BCUT2D eigenvalue weighted by atomic mass is 16.5. The lowest BCUT2D eigenvalue weighted by atomic mass is 9.99. The molecule has 0 unspecified atom stereocenters. The van der Waals surface area contributed by atoms with Gasteiger partial charge in [0.25, 0.3) is 0 Å². The number of hydrogen-bond acceptors (Lipinski definition) is 5. The first-order valence-electron chi connectivity index (χ1n) is 9.39. The van der Waals surface area contributed by atoms with Gasteiger partial charge in [0.15, 0.2) is 0 Å². The summed E-state index contributed by atoms with van der Waals surface area (Å²) in [5, 5.41) is 5.55. The molecule has 2 N–H and O–H groups in total. The Morgan fingerprint density at radius 2 is 1.93 bits per heavy atom. The normalized spacial score (nSPS) is 16.7. The van der Waals surface area contributed by atoms with Crippen LogP contribution in [0.15, 0.2) is 64.4 Å². The Bertz CT molecular complexity index is 831. The summed E-state index contributed by atoms with van der Waals surface area (Å²) in [4.78, 5) is 27.1. The molecule has 1 aliphatic rings. The van der Waals surface area contributed by atoms with Crippen LogP contribution < -0.4 is 10.6 Å². The molecule has 2 heterocycles. The van der Waals surface area contributed by atoms with Crippen molar-refractivity contribution in [2.75, 3.05) is 19.7 Å². The van der Waals surface area contributed by atoms with Crippen molar-refractivity contribution in [1.29, 1.82) is 0 Å². The number of amides is 2. The van der Waals surface area contributed by atoms with Crippen molar-refractivity contribution in [3.05, 3.63) is 71.3 Å². The van der Waals surface area contributed by atoms with Gasteiger partial charge >= 0.3 is 12.0 Å². The third kappa shape index (κ3) is 4.61. The maximum Gasteiger partial charge on any atom is 0.338 e. The Morgan fingerprint density at radius 3 is 2.57 bits per heavy atom. The smallest absolute Gasteiger partial charge is 0.338 e. The Hall–Kier alpha value is -3.06. The minimum absolute atomic E-state index is 0.246. The van der Waals surface area contributed by atoms with Crippen molar-refractivity contribution >= 4 is 12.0 Å². The molecule has 148 valence electrons. The van der Waals surface area contributed by atoms with Crippen molar-refractivity contribution in [2.45, 2.75) is 26.4 Å². The Morgan fingerprint density at radius 1 is 1.14 bits per heavy atom. The fourth-order valence-electron chi connectivity index (χ4n) is 3.21. The summed E-state index contributed by atoms with van der Waals surface area (Å²) in [7, 11) is 0. The van der Waals surface area contributed by atoms with Gasteiger partial charge in [0, 0.05) is 18.8 Å². The molecule has 0 aliphatic carbocycles. The lowest BCUT2D eigenvalue weighted by Gasteiger charge is -2.30. The number of rotatable bonds is 8. The SMILES string of the molecule is CCOC(=O)C1=C(CN(CC)Cc2ccccc2)NC(=O)N[C@@H]1c1ccco1. The van der Waals surface area contributed by atoms with Gasteiger partial charge in [-0.15, -0.1) is 0 Å². The van der Waals surface area contributed by atoms with Gasteiger partial charge in [-0.05, 0) is 31.2 Å². The van der Waals surface area contributed by atoms with E-state index in [1.807, 2.05) is 25.1 Å². The minimum Gasteiger partial charge on any atom is -0.467 e. The van der Waals surface area contributed by atoms with E-state index in [1.165, 1.54) is 6.26 Å². The minimum atomic E-state index is -0.687. The van der Waals surface area contributed by atoms with E-state index in [2.05, 4.69) is 27.7 Å². The molecule has 7 heteroatoms. The lowest BCUT2D eigenvalue weighted by molar-refractivity contribution is -0.139. The highest BCUT2D eigenvalue weighted by molar-refractivity contribution is 5.95. The summed E-state index contributed by atoms with van der Waals surface area (Å²) in [5.74, 6) is 0.0173. The quantitative estimate of drug-likeness (QED) is 0.685. The number of ether oxygens (including phenoxy) is 1. The van der Waals surface area contributed by atoms with Crippen LogP contribution in [0.4, 0.5) is 4.79 Å². The molecule has 28 heavy (non-hydrogen) atoms. The zero-order valence-electron chi connectivity index (χ0n) is 16.1. The van der Waals surface area contributed by atoms with E-state index in [-0.39, 0.29) is 12.6 Å². The molecule has 1 aromatic heterocycles. The maximum absolute atomic E-state index is 12.7. The van der Waals surface area contributed by atoms with E-state index in [1.54, 1.807) is 19.1 Å². The lowest BCUT2D eigenvalue weighted by Crippen LogP contribution is -2.48. The summed E-state index contributed by atoms with van der Waals surface area (Å²) < 4.78 is 10.7. The van der Waals surface area contributed by atoms with E-state index < -0.39 is 12.0 Å². The van der Waals surface area contributed by atoms with Crippen molar-refractivity contribution in [2.24, 2.45) is 0 Å². The summed E-state index contributed by atoms with van der Waals surface area (Å²) in [6, 6.07) is 12.5. The van der Waals surface area contributed by atoms with Crippen LogP contribution in [0.3, 0.4) is 0 Å². The zero-order valence-corrected chi connectivity index (χ0v) is 16.1. The van der Waals surface area contributed by atoms with Crippen LogP contribution >= 0.6 is 0 Å².